The molecule has 1 aromatic carbocycles. The lowest BCUT2D eigenvalue weighted by atomic mass is 10.1. The van der Waals surface area contributed by atoms with Gasteiger partial charge in [-0.3, -0.25) is 0 Å². The molecule has 0 aliphatic carbocycles. The zero-order valence-corrected chi connectivity index (χ0v) is 14.6. The molecule has 23 heavy (non-hydrogen) atoms. The first-order chi connectivity index (χ1) is 11.2. The standard InChI is InChI=1S/C19H23N3S/c1-13(2)17-12-15-18(23-17)11-14-5-3-4-6-16(14)21-19(15)22-9-7-20-8-10-22/h3-6,12-13,20H,7-11H2,1-2H3. The highest BCUT2D eigenvalue weighted by molar-refractivity contribution is 7.12. The fourth-order valence-electron chi connectivity index (χ4n) is 3.29. The quantitative estimate of drug-likeness (QED) is 0.864. The SMILES string of the molecule is CC(C)c1cc2c(s1)Cc1ccccc1N=C2N1CCNCC1. The van der Waals surface area contributed by atoms with E-state index in [0.717, 1.165) is 38.3 Å². The van der Waals surface area contributed by atoms with Crippen molar-refractivity contribution in [2.45, 2.75) is 26.2 Å². The third-order valence-corrected chi connectivity index (χ3v) is 6.06. The summed E-state index contributed by atoms with van der Waals surface area (Å²) >= 11 is 1.96. The summed E-state index contributed by atoms with van der Waals surface area (Å²) in [6.07, 6.45) is 1.00. The summed E-state index contributed by atoms with van der Waals surface area (Å²) in [6.45, 7) is 8.70. The number of nitrogens with zero attached hydrogens (tertiary/aromatic N) is 2. The second-order valence-corrected chi connectivity index (χ2v) is 7.79. The number of piperazine rings is 1. The van der Waals surface area contributed by atoms with Gasteiger partial charge in [-0.2, -0.15) is 0 Å². The Morgan fingerprint density at radius 3 is 2.74 bits per heavy atom. The minimum Gasteiger partial charge on any atom is -0.354 e. The molecule has 3 nitrogen and oxygen atoms in total. The van der Waals surface area contributed by atoms with Crippen LogP contribution in [0.1, 0.15) is 40.6 Å². The van der Waals surface area contributed by atoms with Crippen molar-refractivity contribution in [1.29, 1.82) is 0 Å². The number of para-hydroxylation sites is 1. The van der Waals surface area contributed by atoms with Gasteiger partial charge in [0.25, 0.3) is 0 Å². The van der Waals surface area contributed by atoms with Gasteiger partial charge in [0, 0.05) is 47.9 Å². The molecule has 1 aromatic heterocycles. The van der Waals surface area contributed by atoms with Gasteiger partial charge in [0.1, 0.15) is 5.84 Å². The van der Waals surface area contributed by atoms with E-state index >= 15 is 0 Å². The van der Waals surface area contributed by atoms with E-state index in [4.69, 9.17) is 4.99 Å². The van der Waals surface area contributed by atoms with Crippen molar-refractivity contribution in [2.75, 3.05) is 26.2 Å². The largest absolute Gasteiger partial charge is 0.354 e. The van der Waals surface area contributed by atoms with Gasteiger partial charge in [-0.1, -0.05) is 32.0 Å². The monoisotopic (exact) mass is 325 g/mol. The smallest absolute Gasteiger partial charge is 0.137 e. The molecule has 4 rings (SSSR count). The second kappa shape index (κ2) is 6.10. The van der Waals surface area contributed by atoms with Crippen LogP contribution in [-0.2, 0) is 6.42 Å². The number of nitrogens with one attached hydrogen (secondary N) is 1. The molecule has 3 heterocycles. The molecule has 0 atom stereocenters. The molecule has 0 amide bonds. The summed E-state index contributed by atoms with van der Waals surface area (Å²) in [5.41, 5.74) is 3.84. The van der Waals surface area contributed by atoms with Crippen LogP contribution in [0.15, 0.2) is 35.3 Å². The average Bonchev–Trinajstić information content (AvgIpc) is 2.92. The van der Waals surface area contributed by atoms with E-state index in [2.05, 4.69) is 54.4 Å². The first-order valence-electron chi connectivity index (χ1n) is 8.47. The second-order valence-electron chi connectivity index (χ2n) is 6.62. The highest BCUT2D eigenvalue weighted by atomic mass is 32.1. The highest BCUT2D eigenvalue weighted by Crippen LogP contribution is 2.36. The lowest BCUT2D eigenvalue weighted by Gasteiger charge is -2.30. The summed E-state index contributed by atoms with van der Waals surface area (Å²) in [4.78, 5) is 10.5. The predicted octanol–water partition coefficient (Wildman–Crippen LogP) is 3.76. The molecule has 2 aliphatic rings. The van der Waals surface area contributed by atoms with Gasteiger partial charge in [0.15, 0.2) is 0 Å². The molecule has 1 fully saturated rings. The Hall–Kier alpha value is -1.65. The number of fused-ring (bicyclic) bond motifs is 2. The zero-order valence-electron chi connectivity index (χ0n) is 13.8. The lowest BCUT2D eigenvalue weighted by Crippen LogP contribution is -2.46. The van der Waals surface area contributed by atoms with Crippen molar-refractivity contribution in [3.8, 4) is 0 Å². The molecule has 0 bridgehead atoms. The van der Waals surface area contributed by atoms with Crippen molar-refractivity contribution in [1.82, 2.24) is 10.2 Å². The van der Waals surface area contributed by atoms with Crippen LogP contribution < -0.4 is 5.32 Å². The fraction of sp³-hybridized carbons (Fsp3) is 0.421. The molecule has 4 heteroatoms. The van der Waals surface area contributed by atoms with Crippen molar-refractivity contribution in [3.05, 3.63) is 51.2 Å². The first kappa shape index (κ1) is 14.9. The summed E-state index contributed by atoms with van der Waals surface area (Å²) in [6, 6.07) is 11.0. The molecule has 0 saturated carbocycles. The highest BCUT2D eigenvalue weighted by Gasteiger charge is 2.25. The molecule has 0 radical (unpaired) electrons. The van der Waals surface area contributed by atoms with E-state index in [0.29, 0.717) is 5.92 Å². The van der Waals surface area contributed by atoms with Crippen LogP contribution in [0.3, 0.4) is 0 Å². The van der Waals surface area contributed by atoms with E-state index in [9.17, 15) is 0 Å². The van der Waals surface area contributed by atoms with E-state index in [1.54, 1.807) is 0 Å². The third-order valence-electron chi connectivity index (χ3n) is 4.62. The maximum Gasteiger partial charge on any atom is 0.137 e. The van der Waals surface area contributed by atoms with Gasteiger partial charge in [0.05, 0.1) is 5.69 Å². The van der Waals surface area contributed by atoms with Crippen molar-refractivity contribution in [3.63, 3.8) is 0 Å². The number of hydrogen-bond acceptors (Lipinski definition) is 4. The van der Waals surface area contributed by atoms with Crippen LogP contribution in [0, 0.1) is 0 Å². The van der Waals surface area contributed by atoms with Crippen LogP contribution in [0.4, 0.5) is 5.69 Å². The number of benzene rings is 1. The topological polar surface area (TPSA) is 27.6 Å². The summed E-state index contributed by atoms with van der Waals surface area (Å²) in [5, 5.41) is 3.44. The van der Waals surface area contributed by atoms with E-state index in [1.165, 1.54) is 26.7 Å². The number of thiophene rings is 1. The van der Waals surface area contributed by atoms with Gasteiger partial charge >= 0.3 is 0 Å². The van der Waals surface area contributed by atoms with Gasteiger partial charge < -0.3 is 10.2 Å². The molecule has 2 aromatic rings. The Labute approximate surface area is 142 Å². The number of amidine groups is 1. The summed E-state index contributed by atoms with van der Waals surface area (Å²) in [5.74, 6) is 1.75. The van der Waals surface area contributed by atoms with Crippen LogP contribution in [0.2, 0.25) is 0 Å². The average molecular weight is 325 g/mol. The molecule has 2 aliphatic heterocycles. The minimum absolute atomic E-state index is 0.575. The first-order valence-corrected chi connectivity index (χ1v) is 9.29. The third kappa shape index (κ3) is 2.81. The predicted molar refractivity (Wildman–Crippen MR) is 98.3 cm³/mol. The van der Waals surface area contributed by atoms with Crippen molar-refractivity contribution >= 4 is 22.9 Å². The normalized spacial score (nSPS) is 17.5. The van der Waals surface area contributed by atoms with Crippen LogP contribution in [0.5, 0.6) is 0 Å². The Bertz CT molecular complexity index is 739. The zero-order chi connectivity index (χ0) is 15.8. The van der Waals surface area contributed by atoms with Crippen LogP contribution in [0.25, 0.3) is 0 Å². The Morgan fingerprint density at radius 1 is 1.17 bits per heavy atom. The molecular weight excluding hydrogens is 302 g/mol. The number of rotatable bonds is 1. The lowest BCUT2D eigenvalue weighted by molar-refractivity contribution is 0.358. The minimum atomic E-state index is 0.575. The molecule has 0 spiro atoms. The van der Waals surface area contributed by atoms with Crippen molar-refractivity contribution in [2.24, 2.45) is 4.99 Å². The Morgan fingerprint density at radius 2 is 1.96 bits per heavy atom. The molecule has 1 saturated heterocycles. The molecular formula is C19H23N3S. The van der Waals surface area contributed by atoms with Gasteiger partial charge in [-0.05, 0) is 23.6 Å². The Balaban J connectivity index is 1.85. The van der Waals surface area contributed by atoms with Crippen LogP contribution in [-0.4, -0.2) is 36.9 Å². The maximum absolute atomic E-state index is 5.10. The summed E-state index contributed by atoms with van der Waals surface area (Å²) in [7, 11) is 0. The molecule has 120 valence electrons. The molecule has 1 N–H and O–H groups in total. The fourth-order valence-corrected chi connectivity index (χ4v) is 4.47. The number of aliphatic imine (C=N–C) groups is 1. The molecule has 0 unspecified atom stereocenters. The van der Waals surface area contributed by atoms with Gasteiger partial charge in [-0.15, -0.1) is 11.3 Å². The number of hydrogen-bond donors (Lipinski definition) is 1. The van der Waals surface area contributed by atoms with Gasteiger partial charge in [-0.25, -0.2) is 4.99 Å². The van der Waals surface area contributed by atoms with Gasteiger partial charge in [0.2, 0.25) is 0 Å². The van der Waals surface area contributed by atoms with E-state index < -0.39 is 0 Å². The van der Waals surface area contributed by atoms with Crippen molar-refractivity contribution < 1.29 is 0 Å². The summed E-state index contributed by atoms with van der Waals surface area (Å²) < 4.78 is 0. The van der Waals surface area contributed by atoms with E-state index in [-0.39, 0.29) is 0 Å². The Kier molecular flexibility index (Phi) is 3.95. The maximum atomic E-state index is 5.10. The van der Waals surface area contributed by atoms with E-state index in [1.807, 2.05) is 11.3 Å². The van der Waals surface area contributed by atoms with Crippen LogP contribution >= 0.6 is 11.3 Å².